The summed E-state index contributed by atoms with van der Waals surface area (Å²) in [5.74, 6) is 6.72. The topological polar surface area (TPSA) is 9.23 Å². The number of allylic oxidation sites excluding steroid dienone is 1. The number of benzene rings is 2. The van der Waals surface area contributed by atoms with Crippen molar-refractivity contribution in [2.75, 3.05) is 6.61 Å². The van der Waals surface area contributed by atoms with Gasteiger partial charge >= 0.3 is 6.18 Å². The van der Waals surface area contributed by atoms with E-state index in [9.17, 15) is 13.2 Å². The molecule has 0 saturated heterocycles. The van der Waals surface area contributed by atoms with Gasteiger partial charge in [-0.2, -0.15) is 13.2 Å². The number of aryl methyl sites for hydroxylation is 1. The summed E-state index contributed by atoms with van der Waals surface area (Å²) in [4.78, 5) is 0. The average Bonchev–Trinajstić information content (AvgIpc) is 2.68. The quantitative estimate of drug-likeness (QED) is 0.278. The van der Waals surface area contributed by atoms with Crippen LogP contribution >= 0.6 is 0 Å². The lowest BCUT2D eigenvalue weighted by atomic mass is 10.0. The molecule has 0 saturated carbocycles. The number of hydrogen-bond donors (Lipinski definition) is 0. The van der Waals surface area contributed by atoms with Crippen LogP contribution in [0.4, 0.5) is 13.2 Å². The summed E-state index contributed by atoms with van der Waals surface area (Å²) in [7, 11) is 0. The van der Waals surface area contributed by atoms with Crippen LogP contribution in [0.2, 0.25) is 0 Å². The zero-order valence-electron chi connectivity index (χ0n) is 16.1. The predicted octanol–water partition coefficient (Wildman–Crippen LogP) is 6.71. The number of alkyl halides is 3. The predicted molar refractivity (Wildman–Crippen MR) is 107 cm³/mol. The van der Waals surface area contributed by atoms with Crippen LogP contribution in [0.1, 0.15) is 49.3 Å². The van der Waals surface area contributed by atoms with Crippen LogP contribution < -0.4 is 4.74 Å². The van der Waals surface area contributed by atoms with Crippen molar-refractivity contribution in [2.24, 2.45) is 0 Å². The minimum Gasteiger partial charge on any atom is -0.490 e. The molecule has 0 radical (unpaired) electrons. The van der Waals surface area contributed by atoms with Gasteiger partial charge in [-0.05, 0) is 60.9 Å². The van der Waals surface area contributed by atoms with Crippen LogP contribution in [0, 0.1) is 11.8 Å². The van der Waals surface area contributed by atoms with Crippen LogP contribution in [-0.2, 0) is 6.42 Å². The fourth-order valence-corrected chi connectivity index (χ4v) is 2.62. The molecule has 1 nitrogen and oxygen atoms in total. The van der Waals surface area contributed by atoms with Crippen LogP contribution in [0.5, 0.6) is 5.75 Å². The summed E-state index contributed by atoms with van der Waals surface area (Å²) in [5, 5.41) is 0. The Kier molecular flexibility index (Phi) is 8.68. The van der Waals surface area contributed by atoms with Gasteiger partial charge in [-0.25, -0.2) is 0 Å². The van der Waals surface area contributed by atoms with Crippen molar-refractivity contribution in [1.82, 2.24) is 0 Å². The van der Waals surface area contributed by atoms with Gasteiger partial charge in [0.2, 0.25) is 0 Å². The van der Waals surface area contributed by atoms with E-state index < -0.39 is 6.18 Å². The minimum atomic E-state index is -4.31. The summed E-state index contributed by atoms with van der Waals surface area (Å²) in [6.45, 7) is 2.08. The van der Waals surface area contributed by atoms with Crippen molar-refractivity contribution in [3.63, 3.8) is 0 Å². The van der Waals surface area contributed by atoms with E-state index in [1.165, 1.54) is 31.2 Å². The van der Waals surface area contributed by atoms with Crippen molar-refractivity contribution >= 4 is 0 Å². The van der Waals surface area contributed by atoms with E-state index in [1.807, 2.05) is 12.1 Å². The van der Waals surface area contributed by atoms with E-state index >= 15 is 0 Å². The second-order valence-corrected chi connectivity index (χ2v) is 6.54. The number of hydrogen-bond acceptors (Lipinski definition) is 1. The highest BCUT2D eigenvalue weighted by molar-refractivity contribution is 5.44. The molecule has 4 heteroatoms. The first-order valence-corrected chi connectivity index (χ1v) is 9.54. The summed E-state index contributed by atoms with van der Waals surface area (Å²) in [6, 6.07) is 15.3. The second-order valence-electron chi connectivity index (χ2n) is 6.54. The van der Waals surface area contributed by atoms with E-state index in [4.69, 9.17) is 4.74 Å². The largest absolute Gasteiger partial charge is 0.490 e. The van der Waals surface area contributed by atoms with E-state index in [0.717, 1.165) is 23.6 Å². The Morgan fingerprint density at radius 1 is 0.857 bits per heavy atom. The fraction of sp³-hybridized carbons (Fsp3) is 0.333. The molecule has 2 aromatic carbocycles. The molecule has 148 valence electrons. The van der Waals surface area contributed by atoms with Gasteiger partial charge in [0.15, 0.2) is 0 Å². The summed E-state index contributed by atoms with van der Waals surface area (Å²) >= 11 is 0. The summed E-state index contributed by atoms with van der Waals surface area (Å²) in [5.41, 5.74) is 3.11. The molecule has 2 aromatic rings. The molecule has 0 aliphatic rings. The van der Waals surface area contributed by atoms with Gasteiger partial charge in [-0.1, -0.05) is 50.2 Å². The molecule has 0 N–H and O–H groups in total. The number of ether oxygens (including phenoxy) is 1. The first-order valence-electron chi connectivity index (χ1n) is 9.54. The van der Waals surface area contributed by atoms with Crippen LogP contribution in [-0.4, -0.2) is 12.8 Å². The highest BCUT2D eigenvalue weighted by atomic mass is 19.4. The standard InChI is InChI=1S/C24H25F3O/c1-2-3-4-5-7-20-8-10-21(11-9-20)12-13-22-14-16-23(17-15-22)28-19-6-18-24(25,26)27/h6,8-11,14-18H,2-5,7,19H2,1H3. The number of rotatable bonds is 8. The fourth-order valence-electron chi connectivity index (χ4n) is 2.62. The zero-order valence-corrected chi connectivity index (χ0v) is 16.1. The molecule has 0 spiro atoms. The molecule has 2 rings (SSSR count). The molecule has 0 aliphatic heterocycles. The smallest absolute Gasteiger partial charge is 0.409 e. The lowest BCUT2D eigenvalue weighted by Gasteiger charge is -2.03. The van der Waals surface area contributed by atoms with Crippen molar-refractivity contribution in [2.45, 2.75) is 45.2 Å². The lowest BCUT2D eigenvalue weighted by Crippen LogP contribution is -2.02. The third-order valence-corrected chi connectivity index (χ3v) is 4.13. The molecule has 0 amide bonds. The van der Waals surface area contributed by atoms with E-state index in [0.29, 0.717) is 5.75 Å². The van der Waals surface area contributed by atoms with Crippen molar-refractivity contribution in [1.29, 1.82) is 0 Å². The molecular weight excluding hydrogens is 361 g/mol. The molecule has 0 aliphatic carbocycles. The number of unbranched alkanes of at least 4 members (excludes halogenated alkanes) is 3. The minimum absolute atomic E-state index is 0.130. The van der Waals surface area contributed by atoms with Gasteiger partial charge in [0, 0.05) is 17.2 Å². The second kappa shape index (κ2) is 11.2. The lowest BCUT2D eigenvalue weighted by molar-refractivity contribution is -0.0801. The third kappa shape index (κ3) is 8.81. The summed E-state index contributed by atoms with van der Waals surface area (Å²) < 4.78 is 41.3. The van der Waals surface area contributed by atoms with Gasteiger partial charge in [-0.3, -0.25) is 0 Å². The third-order valence-electron chi connectivity index (χ3n) is 4.13. The Hall–Kier alpha value is -2.67. The van der Waals surface area contributed by atoms with E-state index in [1.54, 1.807) is 24.3 Å². The van der Waals surface area contributed by atoms with Crippen molar-refractivity contribution in [3.8, 4) is 17.6 Å². The van der Waals surface area contributed by atoms with E-state index in [-0.39, 0.29) is 12.7 Å². The molecule has 0 heterocycles. The molecule has 0 unspecified atom stereocenters. The van der Waals surface area contributed by atoms with Gasteiger partial charge < -0.3 is 4.74 Å². The maximum atomic E-state index is 12.0. The van der Waals surface area contributed by atoms with Crippen molar-refractivity contribution < 1.29 is 17.9 Å². The van der Waals surface area contributed by atoms with Gasteiger partial charge in [0.05, 0.1) is 0 Å². The van der Waals surface area contributed by atoms with E-state index in [2.05, 4.69) is 30.9 Å². The SMILES string of the molecule is CCCCCCc1ccc(C#Cc2ccc(OCC=CC(F)(F)F)cc2)cc1. The monoisotopic (exact) mass is 386 g/mol. The Labute approximate surface area is 165 Å². The molecule has 0 fully saturated rings. The van der Waals surface area contributed by atoms with Crippen LogP contribution in [0.25, 0.3) is 0 Å². The maximum absolute atomic E-state index is 12.0. The maximum Gasteiger partial charge on any atom is 0.409 e. The summed E-state index contributed by atoms with van der Waals surface area (Å²) in [6.07, 6.45) is 2.94. The first-order chi connectivity index (χ1) is 13.5. The zero-order chi connectivity index (χ0) is 20.2. The number of halogens is 3. The van der Waals surface area contributed by atoms with Gasteiger partial charge in [-0.15, -0.1) is 0 Å². The van der Waals surface area contributed by atoms with Gasteiger partial charge in [0.25, 0.3) is 0 Å². The molecule has 28 heavy (non-hydrogen) atoms. The Balaban J connectivity index is 1.84. The molecule has 0 aromatic heterocycles. The van der Waals surface area contributed by atoms with Crippen LogP contribution in [0.15, 0.2) is 60.7 Å². The average molecular weight is 386 g/mol. The highest BCUT2D eigenvalue weighted by Gasteiger charge is 2.21. The molecule has 0 bridgehead atoms. The van der Waals surface area contributed by atoms with Crippen molar-refractivity contribution in [3.05, 3.63) is 77.4 Å². The first kappa shape index (κ1) is 21.6. The highest BCUT2D eigenvalue weighted by Crippen LogP contribution is 2.16. The Morgan fingerprint density at radius 2 is 1.46 bits per heavy atom. The molecule has 0 atom stereocenters. The Bertz CT molecular complexity index is 791. The Morgan fingerprint density at radius 3 is 2.04 bits per heavy atom. The molecular formula is C24H25F3O. The van der Waals surface area contributed by atoms with Crippen LogP contribution in [0.3, 0.4) is 0 Å². The normalized spacial score (nSPS) is 11.3. The van der Waals surface area contributed by atoms with Gasteiger partial charge in [0.1, 0.15) is 12.4 Å².